The monoisotopic (exact) mass is 276 g/mol. The molecule has 1 N–H and O–H groups in total. The lowest BCUT2D eigenvalue weighted by molar-refractivity contribution is -0.146. The highest BCUT2D eigenvalue weighted by Gasteiger charge is 2.19. The van der Waals surface area contributed by atoms with Crippen LogP contribution in [-0.4, -0.2) is 29.8 Å². The number of hydrogen-bond acceptors (Lipinski definition) is 2. The van der Waals surface area contributed by atoms with Gasteiger partial charge in [0.05, 0.1) is 0 Å². The van der Waals surface area contributed by atoms with E-state index < -0.39 is 11.8 Å². The molecule has 4 nitrogen and oxygen atoms in total. The van der Waals surface area contributed by atoms with Gasteiger partial charge in [-0.1, -0.05) is 43.7 Å². The van der Waals surface area contributed by atoms with Crippen LogP contribution in [0.4, 0.5) is 0 Å². The fourth-order valence-corrected chi connectivity index (χ4v) is 2.08. The third-order valence-electron chi connectivity index (χ3n) is 3.00. The lowest BCUT2D eigenvalue weighted by atomic mass is 10.1. The number of aryl methyl sites for hydroxylation is 1. The van der Waals surface area contributed by atoms with Gasteiger partial charge in [0.1, 0.15) is 0 Å². The molecule has 0 unspecified atom stereocenters. The molecule has 1 rings (SSSR count). The normalized spacial score (nSPS) is 10.2. The highest BCUT2D eigenvalue weighted by molar-refractivity contribution is 6.34. The molecule has 0 aliphatic heterocycles. The molecule has 4 heteroatoms. The van der Waals surface area contributed by atoms with E-state index in [1.54, 1.807) is 4.90 Å². The van der Waals surface area contributed by atoms with Gasteiger partial charge < -0.3 is 10.2 Å². The molecule has 0 aliphatic rings. The largest absolute Gasteiger partial charge is 0.344 e. The van der Waals surface area contributed by atoms with Crippen LogP contribution < -0.4 is 5.32 Å². The molecular weight excluding hydrogens is 252 g/mol. The fraction of sp³-hybridized carbons (Fsp3) is 0.500. The second kappa shape index (κ2) is 8.35. The first-order chi connectivity index (χ1) is 9.58. The molecule has 0 aromatic heterocycles. The molecule has 2 amide bonds. The first-order valence-electron chi connectivity index (χ1n) is 7.21. The van der Waals surface area contributed by atoms with Crippen molar-refractivity contribution in [1.29, 1.82) is 0 Å². The molecule has 0 fully saturated rings. The Bertz CT molecular complexity index is 452. The van der Waals surface area contributed by atoms with Crippen LogP contribution in [0.25, 0.3) is 0 Å². The average molecular weight is 276 g/mol. The minimum absolute atomic E-state index is 0.387. The van der Waals surface area contributed by atoms with Crippen LogP contribution in [0.1, 0.15) is 37.8 Å². The van der Waals surface area contributed by atoms with Crippen molar-refractivity contribution >= 4 is 11.8 Å². The molecule has 0 aliphatic carbocycles. The zero-order valence-corrected chi connectivity index (χ0v) is 12.6. The van der Waals surface area contributed by atoms with E-state index in [9.17, 15) is 9.59 Å². The number of carbonyl (C=O) groups is 2. The maximum atomic E-state index is 12.0. The Morgan fingerprint density at radius 1 is 1.15 bits per heavy atom. The third-order valence-corrected chi connectivity index (χ3v) is 3.00. The summed E-state index contributed by atoms with van der Waals surface area (Å²) in [5, 5.41) is 2.69. The van der Waals surface area contributed by atoms with Crippen molar-refractivity contribution in [1.82, 2.24) is 10.2 Å². The molecule has 0 saturated carbocycles. The van der Waals surface area contributed by atoms with E-state index >= 15 is 0 Å². The number of hydrogen-bond donors (Lipinski definition) is 1. The molecule has 0 spiro atoms. The number of amides is 2. The van der Waals surface area contributed by atoms with Crippen molar-refractivity contribution in [3.8, 4) is 0 Å². The Hall–Kier alpha value is -1.84. The van der Waals surface area contributed by atoms with Gasteiger partial charge in [0.2, 0.25) is 0 Å². The molecule has 0 saturated heterocycles. The second-order valence-corrected chi connectivity index (χ2v) is 4.96. The molecule has 0 bridgehead atoms. The van der Waals surface area contributed by atoms with Crippen LogP contribution in [0.5, 0.6) is 0 Å². The summed E-state index contributed by atoms with van der Waals surface area (Å²) < 4.78 is 0. The zero-order valence-electron chi connectivity index (χ0n) is 12.6. The van der Waals surface area contributed by atoms with Gasteiger partial charge in [0, 0.05) is 19.6 Å². The van der Waals surface area contributed by atoms with Gasteiger partial charge in [0.15, 0.2) is 0 Å². The Morgan fingerprint density at radius 3 is 2.35 bits per heavy atom. The van der Waals surface area contributed by atoms with Crippen LogP contribution in [0.15, 0.2) is 24.3 Å². The number of carbonyl (C=O) groups excluding carboxylic acids is 2. The number of nitrogens with zero attached hydrogens (tertiary/aromatic N) is 1. The van der Waals surface area contributed by atoms with Crippen molar-refractivity contribution in [3.05, 3.63) is 35.4 Å². The van der Waals surface area contributed by atoms with E-state index in [1.807, 2.05) is 45.0 Å². The van der Waals surface area contributed by atoms with Crippen molar-refractivity contribution < 1.29 is 9.59 Å². The topological polar surface area (TPSA) is 49.4 Å². The first kappa shape index (κ1) is 16.2. The summed E-state index contributed by atoms with van der Waals surface area (Å²) in [6.07, 6.45) is 1.72. The molecule has 0 heterocycles. The second-order valence-electron chi connectivity index (χ2n) is 4.96. The number of rotatable bonds is 6. The van der Waals surface area contributed by atoms with Crippen molar-refractivity contribution in [3.63, 3.8) is 0 Å². The van der Waals surface area contributed by atoms with Gasteiger partial charge in [-0.25, -0.2) is 0 Å². The van der Waals surface area contributed by atoms with E-state index in [1.165, 1.54) is 0 Å². The zero-order chi connectivity index (χ0) is 15.0. The molecule has 110 valence electrons. The Labute approximate surface area is 121 Å². The summed E-state index contributed by atoms with van der Waals surface area (Å²) in [7, 11) is 0. The maximum Gasteiger partial charge on any atom is 0.311 e. The van der Waals surface area contributed by atoms with E-state index in [2.05, 4.69) is 5.32 Å². The molecule has 0 atom stereocenters. The lowest BCUT2D eigenvalue weighted by Crippen LogP contribution is -2.43. The van der Waals surface area contributed by atoms with Gasteiger partial charge in [-0.15, -0.1) is 0 Å². The predicted octanol–water partition coefficient (Wildman–Crippen LogP) is 2.26. The summed E-state index contributed by atoms with van der Waals surface area (Å²) in [6, 6.07) is 7.88. The quantitative estimate of drug-likeness (QED) is 0.810. The van der Waals surface area contributed by atoms with Crippen LogP contribution in [-0.2, 0) is 16.1 Å². The van der Waals surface area contributed by atoms with Crippen LogP contribution in [0, 0.1) is 6.92 Å². The van der Waals surface area contributed by atoms with E-state index in [0.717, 1.165) is 24.0 Å². The first-order valence-corrected chi connectivity index (χ1v) is 7.21. The van der Waals surface area contributed by atoms with Gasteiger partial charge in [0.25, 0.3) is 0 Å². The SMILES string of the molecule is CCCN(CCC)C(=O)C(=O)NCc1cccc(C)c1. The summed E-state index contributed by atoms with van der Waals surface area (Å²) in [4.78, 5) is 25.5. The van der Waals surface area contributed by atoms with E-state index in [0.29, 0.717) is 19.6 Å². The molecule has 20 heavy (non-hydrogen) atoms. The van der Waals surface area contributed by atoms with Gasteiger partial charge >= 0.3 is 11.8 Å². The summed E-state index contributed by atoms with van der Waals surface area (Å²) in [6.45, 7) is 7.65. The van der Waals surface area contributed by atoms with Crippen LogP contribution in [0.2, 0.25) is 0 Å². The Balaban J connectivity index is 2.54. The predicted molar refractivity (Wildman–Crippen MR) is 80.2 cm³/mol. The van der Waals surface area contributed by atoms with E-state index in [4.69, 9.17) is 0 Å². The molecular formula is C16H24N2O2. The van der Waals surface area contributed by atoms with E-state index in [-0.39, 0.29) is 0 Å². The molecule has 1 aromatic rings. The number of benzene rings is 1. The summed E-state index contributed by atoms with van der Waals surface area (Å²) in [5.41, 5.74) is 2.14. The Kier molecular flexibility index (Phi) is 6.77. The standard InChI is InChI=1S/C16H24N2O2/c1-4-9-18(10-5-2)16(20)15(19)17-12-14-8-6-7-13(3)11-14/h6-8,11H,4-5,9-10,12H2,1-3H3,(H,17,19). The number of nitrogens with one attached hydrogen (secondary N) is 1. The van der Waals surface area contributed by atoms with Crippen LogP contribution >= 0.6 is 0 Å². The molecule has 1 aromatic carbocycles. The Morgan fingerprint density at radius 2 is 1.80 bits per heavy atom. The van der Waals surface area contributed by atoms with Gasteiger partial charge in [-0.2, -0.15) is 0 Å². The van der Waals surface area contributed by atoms with Crippen molar-refractivity contribution in [2.24, 2.45) is 0 Å². The maximum absolute atomic E-state index is 12.0. The summed E-state index contributed by atoms with van der Waals surface area (Å²) >= 11 is 0. The van der Waals surface area contributed by atoms with Crippen molar-refractivity contribution in [2.75, 3.05) is 13.1 Å². The molecule has 0 radical (unpaired) electrons. The summed E-state index contributed by atoms with van der Waals surface area (Å²) in [5.74, 6) is -0.949. The highest BCUT2D eigenvalue weighted by Crippen LogP contribution is 2.03. The average Bonchev–Trinajstić information content (AvgIpc) is 2.44. The highest BCUT2D eigenvalue weighted by atomic mass is 16.2. The smallest absolute Gasteiger partial charge is 0.311 e. The third kappa shape index (κ3) is 5.03. The fourth-order valence-electron chi connectivity index (χ4n) is 2.08. The van der Waals surface area contributed by atoms with Crippen molar-refractivity contribution in [2.45, 2.75) is 40.2 Å². The minimum Gasteiger partial charge on any atom is -0.344 e. The minimum atomic E-state index is -0.520. The van der Waals surface area contributed by atoms with Gasteiger partial charge in [-0.3, -0.25) is 9.59 Å². The van der Waals surface area contributed by atoms with Gasteiger partial charge in [-0.05, 0) is 25.3 Å². The lowest BCUT2D eigenvalue weighted by Gasteiger charge is -2.20. The van der Waals surface area contributed by atoms with Crippen LogP contribution in [0.3, 0.4) is 0 Å².